The summed E-state index contributed by atoms with van der Waals surface area (Å²) in [4.78, 5) is 33.2. The number of hydrogen-bond donors (Lipinski definition) is 2. The van der Waals surface area contributed by atoms with Crippen molar-refractivity contribution in [2.75, 3.05) is 7.11 Å². The van der Waals surface area contributed by atoms with Crippen molar-refractivity contribution < 1.29 is 19.1 Å². The first-order valence-electron chi connectivity index (χ1n) is 9.52. The zero-order chi connectivity index (χ0) is 21.0. The fraction of sp³-hybridized carbons (Fsp3) is 0.684. The Bertz CT molecular complexity index is 733. The van der Waals surface area contributed by atoms with E-state index >= 15 is 0 Å². The summed E-state index contributed by atoms with van der Waals surface area (Å²) in [6.45, 7) is 9.92. The number of hydrogen-bond acceptors (Lipinski definition) is 8. The average Bonchev–Trinajstić information content (AvgIpc) is 3.30. The number of amides is 1. The minimum Gasteiger partial charge on any atom is -0.464 e. The number of esters is 1. The summed E-state index contributed by atoms with van der Waals surface area (Å²) in [5.41, 5.74) is 7.23. The van der Waals surface area contributed by atoms with Gasteiger partial charge in [-0.3, -0.25) is 4.79 Å². The predicted octanol–water partition coefficient (Wildman–Crippen LogP) is 2.30. The lowest BCUT2D eigenvalue weighted by atomic mass is 9.94. The number of nitrogens with one attached hydrogen (secondary N) is 1. The average molecular weight is 411 g/mol. The summed E-state index contributed by atoms with van der Waals surface area (Å²) in [6.07, 6.45) is -0.310. The lowest BCUT2D eigenvalue weighted by Crippen LogP contribution is -2.40. The van der Waals surface area contributed by atoms with Gasteiger partial charge in [0.25, 0.3) is 5.91 Å². The minimum atomic E-state index is -0.929. The highest BCUT2D eigenvalue weighted by Crippen LogP contribution is 2.26. The van der Waals surface area contributed by atoms with Crippen LogP contribution in [0.15, 0.2) is 10.4 Å². The predicted molar refractivity (Wildman–Crippen MR) is 108 cm³/mol. The van der Waals surface area contributed by atoms with Gasteiger partial charge in [0.05, 0.1) is 25.0 Å². The molecular formula is C19H30N4O4S. The topological polar surface area (TPSA) is 116 Å². The van der Waals surface area contributed by atoms with E-state index in [-0.39, 0.29) is 41.6 Å². The zero-order valence-electron chi connectivity index (χ0n) is 17.3. The Hall–Kier alpha value is -1.84. The Morgan fingerprint density at radius 1 is 1.39 bits per heavy atom. The third-order valence-electron chi connectivity index (χ3n) is 4.99. The second-order valence-corrected chi connectivity index (χ2v) is 8.28. The van der Waals surface area contributed by atoms with Gasteiger partial charge in [-0.1, -0.05) is 34.1 Å². The van der Waals surface area contributed by atoms with Gasteiger partial charge in [-0.05, 0) is 18.8 Å². The van der Waals surface area contributed by atoms with E-state index in [9.17, 15) is 9.59 Å². The van der Waals surface area contributed by atoms with E-state index in [4.69, 9.17) is 15.2 Å². The summed E-state index contributed by atoms with van der Waals surface area (Å²) < 4.78 is 10.4. The van der Waals surface area contributed by atoms with E-state index < -0.39 is 12.2 Å². The van der Waals surface area contributed by atoms with E-state index in [0.717, 1.165) is 12.1 Å². The van der Waals surface area contributed by atoms with Gasteiger partial charge < -0.3 is 20.5 Å². The summed E-state index contributed by atoms with van der Waals surface area (Å²) in [5, 5.41) is 5.21. The molecule has 0 spiro atoms. The highest BCUT2D eigenvalue weighted by molar-refractivity contribution is 7.09. The van der Waals surface area contributed by atoms with Gasteiger partial charge in [-0.2, -0.15) is 0 Å². The summed E-state index contributed by atoms with van der Waals surface area (Å²) in [6, 6.07) is -0.599. The van der Waals surface area contributed by atoms with Crippen LogP contribution in [-0.2, 0) is 14.3 Å². The van der Waals surface area contributed by atoms with Crippen LogP contribution >= 0.6 is 11.3 Å². The van der Waals surface area contributed by atoms with Crippen LogP contribution < -0.4 is 11.1 Å². The van der Waals surface area contributed by atoms with Crippen molar-refractivity contribution >= 4 is 28.9 Å². The molecule has 0 saturated heterocycles. The number of aliphatic imine (C=N–C) groups is 1. The SMILES string of the molecule is CC[C@H](C)[C@H](N)C1=N[C@H](C(=O)N[C@@H](c2nc(C(=O)OC)cs2)C(C)C)O[C@H]1C. The van der Waals surface area contributed by atoms with Crippen LogP contribution in [0.3, 0.4) is 0 Å². The van der Waals surface area contributed by atoms with Crippen LogP contribution in [0.4, 0.5) is 0 Å². The molecule has 1 aromatic rings. The molecule has 2 rings (SSSR count). The maximum Gasteiger partial charge on any atom is 0.357 e. The molecule has 0 bridgehead atoms. The number of ether oxygens (including phenoxy) is 2. The number of carbonyl (C=O) groups is 2. The molecule has 156 valence electrons. The first kappa shape index (κ1) is 22.4. The van der Waals surface area contributed by atoms with E-state index in [2.05, 4.69) is 29.1 Å². The van der Waals surface area contributed by atoms with Crippen molar-refractivity contribution in [3.63, 3.8) is 0 Å². The minimum absolute atomic E-state index is 0.0604. The number of rotatable bonds is 8. The number of methoxy groups -OCH3 is 1. The molecule has 0 aromatic carbocycles. The van der Waals surface area contributed by atoms with Crippen molar-refractivity contribution in [3.8, 4) is 0 Å². The number of thiazole rings is 1. The molecule has 5 atom stereocenters. The Balaban J connectivity index is 2.13. The lowest BCUT2D eigenvalue weighted by molar-refractivity contribution is -0.133. The van der Waals surface area contributed by atoms with Crippen LogP contribution in [-0.4, -0.2) is 48.1 Å². The summed E-state index contributed by atoms with van der Waals surface area (Å²) in [5.74, 6) is -0.531. The zero-order valence-corrected chi connectivity index (χ0v) is 18.1. The maximum atomic E-state index is 12.8. The van der Waals surface area contributed by atoms with Gasteiger partial charge in [0.15, 0.2) is 5.69 Å². The monoisotopic (exact) mass is 410 g/mol. The molecule has 0 saturated carbocycles. The van der Waals surface area contributed by atoms with Crippen molar-refractivity contribution in [1.82, 2.24) is 10.3 Å². The number of aromatic nitrogens is 1. The Morgan fingerprint density at radius 2 is 2.07 bits per heavy atom. The largest absolute Gasteiger partial charge is 0.464 e. The smallest absolute Gasteiger partial charge is 0.357 e. The van der Waals surface area contributed by atoms with E-state index in [1.54, 1.807) is 5.38 Å². The Morgan fingerprint density at radius 3 is 2.64 bits per heavy atom. The molecule has 2 heterocycles. The number of nitrogens with zero attached hydrogens (tertiary/aromatic N) is 2. The molecule has 1 aliphatic rings. The summed E-state index contributed by atoms with van der Waals surface area (Å²) in [7, 11) is 1.31. The molecule has 3 N–H and O–H groups in total. The van der Waals surface area contributed by atoms with Crippen LogP contribution in [0, 0.1) is 11.8 Å². The van der Waals surface area contributed by atoms with Crippen LogP contribution in [0.2, 0.25) is 0 Å². The molecule has 1 amide bonds. The van der Waals surface area contributed by atoms with Gasteiger partial charge in [0.2, 0.25) is 6.23 Å². The van der Waals surface area contributed by atoms with Gasteiger partial charge in [-0.15, -0.1) is 11.3 Å². The highest BCUT2D eigenvalue weighted by atomic mass is 32.1. The molecule has 0 fully saturated rings. The molecule has 9 heteroatoms. The molecule has 0 radical (unpaired) electrons. The maximum absolute atomic E-state index is 12.8. The van der Waals surface area contributed by atoms with Crippen LogP contribution in [0.25, 0.3) is 0 Å². The quantitative estimate of drug-likeness (QED) is 0.635. The van der Waals surface area contributed by atoms with Gasteiger partial charge in [0, 0.05) is 11.4 Å². The number of nitrogens with two attached hydrogens (primary N) is 1. The third kappa shape index (κ3) is 4.95. The summed E-state index contributed by atoms with van der Waals surface area (Å²) >= 11 is 1.30. The second-order valence-electron chi connectivity index (χ2n) is 7.39. The van der Waals surface area contributed by atoms with E-state index in [0.29, 0.717) is 5.01 Å². The molecule has 0 aliphatic carbocycles. The first-order valence-corrected chi connectivity index (χ1v) is 10.4. The molecule has 1 aromatic heterocycles. The van der Waals surface area contributed by atoms with Crippen molar-refractivity contribution in [2.24, 2.45) is 22.6 Å². The van der Waals surface area contributed by atoms with Gasteiger partial charge in [-0.25, -0.2) is 14.8 Å². The second kappa shape index (κ2) is 9.58. The molecule has 8 nitrogen and oxygen atoms in total. The van der Waals surface area contributed by atoms with E-state index in [1.807, 2.05) is 20.8 Å². The molecule has 1 aliphatic heterocycles. The third-order valence-corrected chi connectivity index (χ3v) is 5.91. The Labute approximate surface area is 169 Å². The van der Waals surface area contributed by atoms with Crippen LogP contribution in [0.1, 0.15) is 62.6 Å². The fourth-order valence-corrected chi connectivity index (χ4v) is 3.93. The van der Waals surface area contributed by atoms with Gasteiger partial charge >= 0.3 is 5.97 Å². The molecule has 28 heavy (non-hydrogen) atoms. The fourth-order valence-electron chi connectivity index (χ4n) is 2.92. The number of carbonyl (C=O) groups excluding carboxylic acids is 2. The molecular weight excluding hydrogens is 380 g/mol. The highest BCUT2D eigenvalue weighted by Gasteiger charge is 2.36. The Kier molecular flexibility index (Phi) is 7.68. The van der Waals surface area contributed by atoms with Crippen molar-refractivity contribution in [2.45, 2.75) is 65.5 Å². The standard InChI is InChI=1S/C19H30N4O4S/c1-7-10(4)13(20)15-11(5)27-17(23-15)16(24)22-14(9(2)3)18-21-12(8-28-18)19(25)26-6/h8-11,13-14,17H,7,20H2,1-6H3,(H,22,24)/t10-,11-,13-,14+,17-/m0/s1. The van der Waals surface area contributed by atoms with Crippen molar-refractivity contribution in [1.29, 1.82) is 0 Å². The first-order chi connectivity index (χ1) is 13.2. The van der Waals surface area contributed by atoms with Crippen LogP contribution in [0.5, 0.6) is 0 Å². The van der Waals surface area contributed by atoms with Crippen molar-refractivity contribution in [3.05, 3.63) is 16.1 Å². The van der Waals surface area contributed by atoms with Gasteiger partial charge in [0.1, 0.15) is 5.01 Å². The normalized spacial score (nSPS) is 22.5. The molecule has 0 unspecified atom stereocenters. The van der Waals surface area contributed by atoms with E-state index in [1.165, 1.54) is 18.4 Å². The lowest BCUT2D eigenvalue weighted by Gasteiger charge is -2.21.